The molecule has 0 fully saturated rings. The van der Waals surface area contributed by atoms with Crippen LogP contribution in [-0.4, -0.2) is 0 Å². The Balaban J connectivity index is 1.45. The van der Waals surface area contributed by atoms with E-state index in [1.807, 2.05) is 0 Å². The molecule has 1 aromatic heterocycles. The largest absolute Gasteiger partial charge is 0.457 e. The van der Waals surface area contributed by atoms with E-state index in [-0.39, 0.29) is 11.1 Å². The van der Waals surface area contributed by atoms with Crippen molar-refractivity contribution in [2.24, 2.45) is 0 Å². The van der Waals surface area contributed by atoms with Crippen LogP contribution in [0, 0.1) is 0 Å². The van der Waals surface area contributed by atoms with Gasteiger partial charge in [0, 0.05) is 21.9 Å². The van der Waals surface area contributed by atoms with Crippen LogP contribution in [-0.2, 0) is 5.41 Å². The zero-order chi connectivity index (χ0) is 46.1. The Morgan fingerprint density at radius 2 is 1.09 bits per heavy atom. The van der Waals surface area contributed by atoms with E-state index in [4.69, 9.17) is 24.2 Å². The SMILES string of the molecule is [2H]c1c([2H])c([2H])c2c(c1[2H])Oc1c([2H])c(-c3c([2H])c([2H])c([2H])c([2H])c3-c3cccc4oc5ccccc5c34)c([2H])c([2H])c1C21c2c([2H])c([2H])c([2H])c([2H])c2-c2c([2H])c([2H])c([2H])c([2H])c21. The Labute approximate surface area is 287 Å². The molecule has 0 saturated carbocycles. The first-order chi connectivity index (χ1) is 30.2. The summed E-state index contributed by atoms with van der Waals surface area (Å²) in [4.78, 5) is 0. The second-order valence-corrected chi connectivity index (χ2v) is 10.5. The molecule has 1 aliphatic heterocycles. The normalized spacial score (nSPS) is 19.6. The minimum absolute atomic E-state index is 0.197. The summed E-state index contributed by atoms with van der Waals surface area (Å²) in [5.74, 6) is -1.46. The number of benzene rings is 7. The number of hydrogen-bond donors (Lipinski definition) is 0. The van der Waals surface area contributed by atoms with Crippen molar-refractivity contribution >= 4 is 21.9 Å². The van der Waals surface area contributed by atoms with Gasteiger partial charge in [0.15, 0.2) is 0 Å². The van der Waals surface area contributed by atoms with Crippen molar-refractivity contribution in [1.82, 2.24) is 0 Å². The highest BCUT2D eigenvalue weighted by molar-refractivity contribution is 6.13. The zero-order valence-corrected chi connectivity index (χ0v) is 22.9. The number of furan rings is 1. The molecule has 0 radical (unpaired) electrons. The van der Waals surface area contributed by atoms with Crippen LogP contribution in [0.2, 0.25) is 0 Å². The van der Waals surface area contributed by atoms with E-state index in [0.717, 1.165) is 0 Å². The lowest BCUT2D eigenvalue weighted by Gasteiger charge is -2.39. The van der Waals surface area contributed by atoms with Gasteiger partial charge < -0.3 is 9.15 Å². The van der Waals surface area contributed by atoms with Crippen LogP contribution in [0.4, 0.5) is 0 Å². The lowest BCUT2D eigenvalue weighted by Crippen LogP contribution is -2.32. The van der Waals surface area contributed by atoms with Crippen molar-refractivity contribution < 1.29 is 35.2 Å². The van der Waals surface area contributed by atoms with E-state index < -0.39 is 176 Å². The molecule has 0 N–H and O–H groups in total. The average molecular weight is 594 g/mol. The highest BCUT2D eigenvalue weighted by Gasteiger charge is 2.50. The molecule has 0 amide bonds. The molecule has 1 aliphatic carbocycles. The molecule has 8 aromatic rings. The maximum absolute atomic E-state index is 9.94. The topological polar surface area (TPSA) is 22.4 Å². The Kier molecular flexibility index (Phi) is 2.55. The molecule has 1 spiro atoms. The van der Waals surface area contributed by atoms with Crippen LogP contribution in [0.25, 0.3) is 55.3 Å². The summed E-state index contributed by atoms with van der Waals surface area (Å²) >= 11 is 0. The van der Waals surface area contributed by atoms with E-state index in [1.165, 1.54) is 0 Å². The molecule has 0 bridgehead atoms. The smallest absolute Gasteiger partial charge is 0.136 e. The maximum atomic E-state index is 9.94. The summed E-state index contributed by atoms with van der Waals surface area (Å²) in [6.07, 6.45) is 0. The van der Waals surface area contributed by atoms with E-state index >= 15 is 0 Å². The molecule has 7 aromatic carbocycles. The highest BCUT2D eigenvalue weighted by atomic mass is 16.5. The third-order valence-electron chi connectivity index (χ3n) is 8.37. The zero-order valence-electron chi connectivity index (χ0n) is 41.9. The van der Waals surface area contributed by atoms with E-state index in [2.05, 4.69) is 0 Å². The quantitative estimate of drug-likeness (QED) is 0.199. The first-order valence-corrected chi connectivity index (χ1v) is 13.9. The molecule has 2 nitrogen and oxygen atoms in total. The average Bonchev–Trinajstić information content (AvgIpc) is 3.82. The van der Waals surface area contributed by atoms with Crippen molar-refractivity contribution in [3.63, 3.8) is 0 Å². The van der Waals surface area contributed by atoms with Gasteiger partial charge in [0.05, 0.1) is 31.5 Å². The number of para-hydroxylation sites is 2. The molecule has 2 heteroatoms. The van der Waals surface area contributed by atoms with Gasteiger partial charge in [-0.1, -0.05) is 133 Å². The second-order valence-electron chi connectivity index (χ2n) is 10.5. The molecule has 45 heavy (non-hydrogen) atoms. The summed E-state index contributed by atoms with van der Waals surface area (Å²) in [7, 11) is 0. The second kappa shape index (κ2) is 9.07. The Hall–Kier alpha value is -5.86. The van der Waals surface area contributed by atoms with Gasteiger partial charge in [-0.15, -0.1) is 0 Å². The number of hydrogen-bond acceptors (Lipinski definition) is 2. The molecule has 210 valence electrons. The van der Waals surface area contributed by atoms with Gasteiger partial charge in [-0.05, 0) is 68.7 Å². The number of ether oxygens (including phenoxy) is 1. The van der Waals surface area contributed by atoms with Crippen LogP contribution in [0.15, 0.2) is 162 Å². The molecule has 0 atom stereocenters. The molecular formula is C43H26O2. The molecule has 0 saturated heterocycles. The van der Waals surface area contributed by atoms with E-state index in [1.54, 1.807) is 42.5 Å². The lowest BCUT2D eigenvalue weighted by molar-refractivity contribution is 0.436. The van der Waals surface area contributed by atoms with Gasteiger partial charge in [0.25, 0.3) is 0 Å². The van der Waals surface area contributed by atoms with E-state index in [0.29, 0.717) is 21.9 Å². The molecule has 2 aliphatic rings. The van der Waals surface area contributed by atoms with Gasteiger partial charge in [0.2, 0.25) is 0 Å². The van der Waals surface area contributed by atoms with Crippen LogP contribution in [0.1, 0.15) is 48.3 Å². The predicted octanol–water partition coefficient (Wildman–Crippen LogP) is 11.4. The fourth-order valence-corrected chi connectivity index (χ4v) is 6.60. The number of fused-ring (bicyclic) bond motifs is 12. The van der Waals surface area contributed by atoms with Crippen molar-refractivity contribution in [1.29, 1.82) is 0 Å². The third-order valence-corrected chi connectivity index (χ3v) is 8.37. The Bertz CT molecular complexity index is 3470. The van der Waals surface area contributed by atoms with Gasteiger partial charge in [0.1, 0.15) is 22.7 Å². The Morgan fingerprint density at radius 1 is 0.467 bits per heavy atom. The lowest BCUT2D eigenvalue weighted by atomic mass is 9.66. The third kappa shape index (κ3) is 3.23. The van der Waals surface area contributed by atoms with Gasteiger partial charge in [-0.25, -0.2) is 0 Å². The van der Waals surface area contributed by atoms with Crippen molar-refractivity contribution in [2.75, 3.05) is 0 Å². The molecule has 10 rings (SSSR count). The minimum Gasteiger partial charge on any atom is -0.457 e. The van der Waals surface area contributed by atoms with Crippen LogP contribution in [0.5, 0.6) is 11.5 Å². The van der Waals surface area contributed by atoms with Crippen LogP contribution in [0.3, 0.4) is 0 Å². The summed E-state index contributed by atoms with van der Waals surface area (Å²) in [5, 5.41) is 0.994. The number of rotatable bonds is 2. The fourth-order valence-electron chi connectivity index (χ4n) is 6.60. The van der Waals surface area contributed by atoms with E-state index in [9.17, 15) is 11.0 Å². The van der Waals surface area contributed by atoms with Crippen molar-refractivity contribution in [2.45, 2.75) is 5.41 Å². The summed E-state index contributed by atoms with van der Waals surface area (Å²) in [6, 6.07) is -3.69. The van der Waals surface area contributed by atoms with Crippen LogP contribution >= 0.6 is 0 Å². The first-order valence-electron chi connectivity index (χ1n) is 23.4. The summed E-state index contributed by atoms with van der Waals surface area (Å²) in [6.45, 7) is 0. The van der Waals surface area contributed by atoms with Crippen molar-refractivity contribution in [3.8, 4) is 44.9 Å². The highest BCUT2D eigenvalue weighted by Crippen LogP contribution is 2.62. The minimum atomic E-state index is -2.72. The monoisotopic (exact) mass is 593 g/mol. The van der Waals surface area contributed by atoms with Gasteiger partial charge in [-0.2, -0.15) is 0 Å². The molecule has 2 heterocycles. The summed E-state index contributed by atoms with van der Waals surface area (Å²) in [5.41, 5.74) is -6.22. The van der Waals surface area contributed by atoms with Gasteiger partial charge >= 0.3 is 0 Å². The van der Waals surface area contributed by atoms with Crippen molar-refractivity contribution in [3.05, 3.63) is 180 Å². The molecular weight excluding hydrogens is 548 g/mol. The Morgan fingerprint density at radius 3 is 1.89 bits per heavy atom. The fraction of sp³-hybridized carbons (Fsp3) is 0.0233. The summed E-state index contributed by atoms with van der Waals surface area (Å²) < 4.78 is 186. The first kappa shape index (κ1) is 12.6. The predicted molar refractivity (Wildman–Crippen MR) is 182 cm³/mol. The standard InChI is InChI=1S/C43H26O2/c1-2-13-29(32-17-11-23-40-42(32)33-16-5-9-21-38(33)44-40)28(12-1)27-24-25-37-41(26-27)45-39-22-10-8-20-36(39)43(37)34-18-6-3-14-30(34)31-15-4-7-19-35(31)43/h1-26H/i1D,2D,3D,4D,6D,7D,8D,10D,12D,13D,14D,15D,18D,19D,20D,22D,24D,25D,26D. The maximum Gasteiger partial charge on any atom is 0.136 e. The van der Waals surface area contributed by atoms with Crippen LogP contribution < -0.4 is 4.74 Å². The van der Waals surface area contributed by atoms with Gasteiger partial charge in [-0.3, -0.25) is 0 Å². The molecule has 0 unspecified atom stereocenters.